The highest BCUT2D eigenvalue weighted by atomic mass is 16.2. The normalized spacial score (nSPS) is 18.1. The quantitative estimate of drug-likeness (QED) is 0.158. The number of carbonyl (C=O) groups excluding carboxylic acids is 2. The highest BCUT2D eigenvalue weighted by Gasteiger charge is 2.34. The SMILES string of the molecule is C=c1c2ccc3c4ccc5c6c(ccc(c7ccc(c(=O)n1CCN1CCCC1)c2c37)c64)C(=O)N(CCN1CCCC1)C5=O. The lowest BCUT2D eigenvalue weighted by molar-refractivity contribution is 0.0597. The maximum absolute atomic E-state index is 13.9. The summed E-state index contributed by atoms with van der Waals surface area (Å²) in [5.74, 6) is -0.422. The Bertz CT molecular complexity index is 2160. The number of carbonyl (C=O) groups is 2. The number of amides is 2. The van der Waals surface area contributed by atoms with Gasteiger partial charge in [-0.25, -0.2) is 0 Å². The number of pyridine rings is 1. The molecule has 1 aromatic heterocycles. The summed E-state index contributed by atoms with van der Waals surface area (Å²) in [6.07, 6.45) is 4.79. The van der Waals surface area contributed by atoms with Gasteiger partial charge >= 0.3 is 0 Å². The third kappa shape index (κ3) is 3.54. The summed E-state index contributed by atoms with van der Waals surface area (Å²) >= 11 is 0. The molecule has 7 nitrogen and oxygen atoms in total. The van der Waals surface area contributed by atoms with Gasteiger partial charge in [-0.3, -0.25) is 19.3 Å². The van der Waals surface area contributed by atoms with Crippen LogP contribution in [0, 0.1) is 0 Å². The summed E-state index contributed by atoms with van der Waals surface area (Å²) in [7, 11) is 0. The first-order valence-corrected chi connectivity index (χ1v) is 16.0. The molecular formula is C37H34N4O3. The molecule has 3 aliphatic heterocycles. The van der Waals surface area contributed by atoms with Crippen molar-refractivity contribution in [2.24, 2.45) is 0 Å². The summed E-state index contributed by atoms with van der Waals surface area (Å²) in [5, 5.41) is 10.2. The number of benzene rings is 5. The molecule has 44 heavy (non-hydrogen) atoms. The zero-order chi connectivity index (χ0) is 29.7. The van der Waals surface area contributed by atoms with Crippen LogP contribution in [0.25, 0.3) is 60.4 Å². The first-order valence-electron chi connectivity index (χ1n) is 16.0. The van der Waals surface area contributed by atoms with E-state index in [1.165, 1.54) is 30.6 Å². The standard InChI is InChI=1S/C37H34N4O3/c1-22-23-6-7-24-26-9-12-29-34-30(37(44)41(36(29)43)21-19-39-16-4-5-17-39)13-10-27(33(26)34)25-8-11-28(31(23)32(24)25)35(42)40(22)20-18-38-14-2-3-15-38/h6-13H,1-5,14-21H2. The van der Waals surface area contributed by atoms with Crippen LogP contribution >= 0.6 is 0 Å². The molecule has 2 fully saturated rings. The fraction of sp³-hybridized carbons (Fsp3) is 0.324. The molecule has 0 spiro atoms. The van der Waals surface area contributed by atoms with Crippen LogP contribution in [0.3, 0.4) is 0 Å². The van der Waals surface area contributed by atoms with Crippen LogP contribution in [0.5, 0.6) is 0 Å². The Labute approximate surface area is 254 Å². The van der Waals surface area contributed by atoms with Crippen LogP contribution in [0.1, 0.15) is 46.4 Å². The van der Waals surface area contributed by atoms with Crippen molar-refractivity contribution in [3.63, 3.8) is 0 Å². The molecule has 4 heterocycles. The smallest absolute Gasteiger partial charge is 0.261 e. The lowest BCUT2D eigenvalue weighted by atomic mass is 9.84. The number of hydrogen-bond donors (Lipinski definition) is 0. The summed E-state index contributed by atoms with van der Waals surface area (Å²) in [4.78, 5) is 47.7. The van der Waals surface area contributed by atoms with Gasteiger partial charge in [0, 0.05) is 64.2 Å². The summed E-state index contributed by atoms with van der Waals surface area (Å²) < 4.78 is 1.85. The van der Waals surface area contributed by atoms with Crippen LogP contribution in [-0.2, 0) is 6.54 Å². The van der Waals surface area contributed by atoms with E-state index >= 15 is 0 Å². The fourth-order valence-corrected chi connectivity index (χ4v) is 8.40. The maximum Gasteiger partial charge on any atom is 0.261 e. The van der Waals surface area contributed by atoms with Gasteiger partial charge in [0.15, 0.2) is 0 Å². The molecule has 5 aromatic carbocycles. The van der Waals surface area contributed by atoms with Crippen LogP contribution in [0.4, 0.5) is 0 Å². The molecular weight excluding hydrogens is 548 g/mol. The topological polar surface area (TPSA) is 65.9 Å². The number of rotatable bonds is 6. The summed E-state index contributed by atoms with van der Waals surface area (Å²) in [6, 6.07) is 16.1. The molecule has 0 N–H and O–H groups in total. The average molecular weight is 583 g/mol. The Morgan fingerprint density at radius 1 is 0.500 bits per heavy atom. The van der Waals surface area contributed by atoms with E-state index in [0.717, 1.165) is 86.5 Å². The van der Waals surface area contributed by atoms with Crippen LogP contribution < -0.4 is 10.9 Å². The van der Waals surface area contributed by atoms with Gasteiger partial charge in [-0.15, -0.1) is 0 Å². The zero-order valence-corrected chi connectivity index (χ0v) is 24.8. The first kappa shape index (κ1) is 26.1. The van der Waals surface area contributed by atoms with Crippen LogP contribution in [-0.4, -0.2) is 76.9 Å². The van der Waals surface area contributed by atoms with Crippen molar-refractivity contribution < 1.29 is 9.59 Å². The van der Waals surface area contributed by atoms with Crippen LogP contribution in [0.15, 0.2) is 53.3 Å². The number of hydrogen-bond acceptors (Lipinski definition) is 5. The third-order valence-electron chi connectivity index (χ3n) is 10.6. The molecule has 9 rings (SSSR count). The number of nitrogens with zero attached hydrogens (tertiary/aromatic N) is 4. The Kier molecular flexibility index (Phi) is 5.69. The van der Waals surface area contributed by atoms with E-state index in [4.69, 9.17) is 0 Å². The van der Waals surface area contributed by atoms with Gasteiger partial charge in [0.1, 0.15) is 0 Å². The second-order valence-corrected chi connectivity index (χ2v) is 12.9. The highest BCUT2D eigenvalue weighted by molar-refractivity contribution is 6.40. The lowest BCUT2D eigenvalue weighted by Gasteiger charge is -2.29. The van der Waals surface area contributed by atoms with E-state index in [-0.39, 0.29) is 17.4 Å². The number of imide groups is 1. The number of aromatic nitrogens is 1. The Hall–Kier alpha value is -4.33. The molecule has 2 saturated heterocycles. The minimum atomic E-state index is -0.211. The monoisotopic (exact) mass is 582 g/mol. The van der Waals surface area contributed by atoms with Crippen molar-refractivity contribution in [2.75, 3.05) is 45.8 Å². The van der Waals surface area contributed by atoms with Gasteiger partial charge in [-0.2, -0.15) is 0 Å². The minimum Gasteiger partial charge on any atom is -0.307 e. The fourth-order valence-electron chi connectivity index (χ4n) is 8.40. The molecule has 0 radical (unpaired) electrons. The molecule has 6 aromatic rings. The van der Waals surface area contributed by atoms with E-state index in [2.05, 4.69) is 34.6 Å². The molecule has 220 valence electrons. The number of likely N-dealkylation sites (tertiary alicyclic amines) is 2. The molecule has 7 heteroatoms. The van der Waals surface area contributed by atoms with Crippen molar-refractivity contribution in [1.82, 2.24) is 19.3 Å². The van der Waals surface area contributed by atoms with E-state index < -0.39 is 0 Å². The van der Waals surface area contributed by atoms with Crippen molar-refractivity contribution >= 4 is 72.3 Å². The second kappa shape index (κ2) is 9.58. The van der Waals surface area contributed by atoms with Gasteiger partial charge in [-0.05, 0) is 102 Å². The largest absolute Gasteiger partial charge is 0.307 e. The van der Waals surface area contributed by atoms with E-state index in [1.54, 1.807) is 0 Å². The second-order valence-electron chi connectivity index (χ2n) is 12.9. The predicted octanol–water partition coefficient (Wildman–Crippen LogP) is 4.97. The molecule has 2 amide bonds. The Balaban J connectivity index is 1.23. The highest BCUT2D eigenvalue weighted by Crippen LogP contribution is 2.45. The molecule has 3 aliphatic rings. The molecule has 0 atom stereocenters. The van der Waals surface area contributed by atoms with Gasteiger partial charge in [-0.1, -0.05) is 36.9 Å². The van der Waals surface area contributed by atoms with Crippen molar-refractivity contribution in [1.29, 1.82) is 0 Å². The first-order chi connectivity index (χ1) is 21.5. The zero-order valence-electron chi connectivity index (χ0n) is 24.8. The summed E-state index contributed by atoms with van der Waals surface area (Å²) in [5.41, 5.74) is 1.19. The predicted molar refractivity (Wildman–Crippen MR) is 177 cm³/mol. The average Bonchev–Trinajstić information content (AvgIpc) is 3.77. The number of fused-ring (bicyclic) bond motifs is 2. The van der Waals surface area contributed by atoms with Crippen LogP contribution in [0.2, 0.25) is 0 Å². The lowest BCUT2D eigenvalue weighted by Crippen LogP contribution is -2.44. The maximum atomic E-state index is 13.9. The molecule has 0 saturated carbocycles. The Morgan fingerprint density at radius 3 is 1.50 bits per heavy atom. The van der Waals surface area contributed by atoms with E-state index in [1.807, 2.05) is 34.9 Å². The van der Waals surface area contributed by atoms with Gasteiger partial charge in [0.25, 0.3) is 17.4 Å². The Morgan fingerprint density at radius 2 is 0.932 bits per heavy atom. The molecule has 0 aliphatic carbocycles. The third-order valence-corrected chi connectivity index (χ3v) is 10.6. The molecule has 0 bridgehead atoms. The van der Waals surface area contributed by atoms with Gasteiger partial charge in [0.05, 0.1) is 0 Å². The van der Waals surface area contributed by atoms with Crippen molar-refractivity contribution in [3.8, 4) is 0 Å². The van der Waals surface area contributed by atoms with Crippen molar-refractivity contribution in [3.05, 3.63) is 75.4 Å². The van der Waals surface area contributed by atoms with Crippen molar-refractivity contribution in [2.45, 2.75) is 32.2 Å². The van der Waals surface area contributed by atoms with E-state index in [0.29, 0.717) is 36.1 Å². The summed E-state index contributed by atoms with van der Waals surface area (Å²) in [6.45, 7) is 11.3. The van der Waals surface area contributed by atoms with Gasteiger partial charge in [0.2, 0.25) is 0 Å². The minimum absolute atomic E-state index is 0.00616. The molecule has 0 unspecified atom stereocenters. The van der Waals surface area contributed by atoms with Gasteiger partial charge < -0.3 is 14.4 Å². The van der Waals surface area contributed by atoms with E-state index in [9.17, 15) is 14.4 Å².